The summed E-state index contributed by atoms with van der Waals surface area (Å²) in [6, 6.07) is 16.2. The van der Waals surface area contributed by atoms with Crippen molar-refractivity contribution in [1.29, 1.82) is 0 Å². The van der Waals surface area contributed by atoms with Gasteiger partial charge >= 0.3 is 5.97 Å². The number of aryl methyl sites for hydroxylation is 1. The van der Waals surface area contributed by atoms with Gasteiger partial charge in [-0.1, -0.05) is 18.2 Å². The van der Waals surface area contributed by atoms with E-state index in [9.17, 15) is 14.3 Å². The third-order valence-corrected chi connectivity index (χ3v) is 10.4. The van der Waals surface area contributed by atoms with Crippen LogP contribution in [0.2, 0.25) is 0 Å². The number of aromatic carboxylic acids is 1. The molecule has 2 heterocycles. The third kappa shape index (κ3) is 5.24. The molecule has 7 nitrogen and oxygen atoms in total. The van der Waals surface area contributed by atoms with Crippen LogP contribution in [0.1, 0.15) is 77.8 Å². The zero-order chi connectivity index (χ0) is 30.5. The zero-order valence-electron chi connectivity index (χ0n) is 24.9. The van der Waals surface area contributed by atoms with E-state index < -0.39 is 11.8 Å². The van der Waals surface area contributed by atoms with Gasteiger partial charge in [-0.05, 0) is 110 Å². The average molecular weight is 594 g/mol. The minimum absolute atomic E-state index is 0.102. The predicted octanol–water partition coefficient (Wildman–Crippen LogP) is 7.94. The van der Waals surface area contributed by atoms with Gasteiger partial charge in [0.25, 0.3) is 0 Å². The van der Waals surface area contributed by atoms with Gasteiger partial charge in [0.1, 0.15) is 24.0 Å². The molecule has 4 fully saturated rings. The van der Waals surface area contributed by atoms with E-state index in [1.165, 1.54) is 11.6 Å². The average Bonchev–Trinajstić information content (AvgIpc) is 3.34. The number of hydrogen-bond acceptors (Lipinski definition) is 4. The summed E-state index contributed by atoms with van der Waals surface area (Å²) in [7, 11) is 0. The van der Waals surface area contributed by atoms with Crippen LogP contribution in [0.3, 0.4) is 0 Å². The normalized spacial score (nSPS) is 24.2. The molecule has 3 aromatic carbocycles. The van der Waals surface area contributed by atoms with Crippen molar-refractivity contribution in [2.45, 2.75) is 83.0 Å². The largest absolute Gasteiger partial charge is 0.489 e. The number of fused-ring (bicyclic) bond motifs is 4. The fourth-order valence-corrected chi connectivity index (χ4v) is 7.59. The lowest BCUT2D eigenvalue weighted by molar-refractivity contribution is -0.0594. The number of ether oxygens (including phenoxy) is 2. The number of halogens is 1. The van der Waals surface area contributed by atoms with E-state index in [0.29, 0.717) is 12.1 Å². The number of carboxylic acids is 1. The summed E-state index contributed by atoms with van der Waals surface area (Å²) in [6.45, 7) is 10.8. The maximum atomic E-state index is 14.5. The number of hydrogen-bond donors (Lipinski definition) is 1. The van der Waals surface area contributed by atoms with Gasteiger partial charge in [0.2, 0.25) is 0 Å². The first-order valence-electron chi connectivity index (χ1n) is 15.5. The van der Waals surface area contributed by atoms with Crippen molar-refractivity contribution < 1.29 is 23.8 Å². The SMILES string of the molecule is [C-]#[N+]c1ccc(COc2cc(C)cc(C34CCC(Cc5nc6ccc(C(=O)O)cc6n5C[C@@H]5CCO5)(CC3)CC4)c2)c(F)c1. The third-order valence-electron chi connectivity index (χ3n) is 10.4. The summed E-state index contributed by atoms with van der Waals surface area (Å²) < 4.78 is 28.5. The highest BCUT2D eigenvalue weighted by molar-refractivity contribution is 5.92. The van der Waals surface area contributed by atoms with Crippen LogP contribution in [0.15, 0.2) is 54.6 Å². The Morgan fingerprint density at radius 1 is 1.11 bits per heavy atom. The molecule has 2 bridgehead atoms. The molecule has 3 aliphatic carbocycles. The van der Waals surface area contributed by atoms with E-state index in [0.717, 1.165) is 86.1 Å². The molecule has 1 aliphatic heterocycles. The summed E-state index contributed by atoms with van der Waals surface area (Å²) in [5, 5.41) is 9.60. The van der Waals surface area contributed by atoms with Crippen LogP contribution in [-0.2, 0) is 29.7 Å². The van der Waals surface area contributed by atoms with Gasteiger partial charge in [-0.3, -0.25) is 0 Å². The van der Waals surface area contributed by atoms with E-state index in [-0.39, 0.29) is 34.8 Å². The molecule has 1 aromatic heterocycles. The summed E-state index contributed by atoms with van der Waals surface area (Å²) in [5.41, 5.74) is 5.44. The number of carboxylic acid groups (broad SMARTS) is 1. The van der Waals surface area contributed by atoms with Crippen LogP contribution >= 0.6 is 0 Å². The van der Waals surface area contributed by atoms with Gasteiger partial charge in [-0.25, -0.2) is 19.0 Å². The van der Waals surface area contributed by atoms with Crippen LogP contribution in [0.25, 0.3) is 15.9 Å². The second-order valence-corrected chi connectivity index (χ2v) is 13.1. The molecular weight excluding hydrogens is 557 g/mol. The van der Waals surface area contributed by atoms with E-state index in [4.69, 9.17) is 21.0 Å². The number of rotatable bonds is 9. The van der Waals surface area contributed by atoms with Crippen molar-refractivity contribution in [3.05, 3.63) is 99.9 Å². The summed E-state index contributed by atoms with van der Waals surface area (Å²) in [6.07, 6.45) is 8.66. The van der Waals surface area contributed by atoms with Crippen molar-refractivity contribution in [1.82, 2.24) is 9.55 Å². The molecule has 226 valence electrons. The molecule has 1 atom stereocenters. The molecule has 8 heteroatoms. The smallest absolute Gasteiger partial charge is 0.335 e. The molecular formula is C36H36FN3O4. The van der Waals surface area contributed by atoms with Gasteiger partial charge in [-0.2, -0.15) is 0 Å². The lowest BCUT2D eigenvalue weighted by Gasteiger charge is -2.54. The minimum atomic E-state index is -0.928. The van der Waals surface area contributed by atoms with Crippen LogP contribution in [-0.4, -0.2) is 33.3 Å². The highest BCUT2D eigenvalue weighted by atomic mass is 19.1. The topological polar surface area (TPSA) is 77.9 Å². The van der Waals surface area contributed by atoms with Crippen molar-refractivity contribution in [2.75, 3.05) is 6.61 Å². The lowest BCUT2D eigenvalue weighted by atomic mass is 9.51. The standard InChI is InChI=1S/C36H36FN3O4/c1-23-15-26(18-29(16-23)44-22-25-3-5-27(38-2)19-30(25)37)36-11-8-35(9-12-36,10-13-36)20-33-39-31-6-4-24(34(41)42)17-32(31)40(33)21-28-7-14-43-28/h3-6,15-19,28H,7-14,20-22H2,1H3,(H,41,42)/t28-,35?,36?/m0/s1. The molecule has 0 amide bonds. The predicted molar refractivity (Wildman–Crippen MR) is 165 cm³/mol. The maximum Gasteiger partial charge on any atom is 0.335 e. The first-order valence-corrected chi connectivity index (χ1v) is 15.5. The molecule has 0 spiro atoms. The second kappa shape index (κ2) is 11.0. The molecule has 3 saturated carbocycles. The Morgan fingerprint density at radius 2 is 1.89 bits per heavy atom. The number of aromatic nitrogens is 2. The highest BCUT2D eigenvalue weighted by Gasteiger charge is 2.50. The van der Waals surface area contributed by atoms with Crippen LogP contribution < -0.4 is 4.74 Å². The van der Waals surface area contributed by atoms with Crippen LogP contribution in [0.5, 0.6) is 5.75 Å². The first kappa shape index (κ1) is 28.5. The fraction of sp³-hybridized carbons (Fsp3) is 0.417. The van der Waals surface area contributed by atoms with E-state index >= 15 is 0 Å². The molecule has 0 unspecified atom stereocenters. The fourth-order valence-electron chi connectivity index (χ4n) is 7.59. The molecule has 8 rings (SSSR count). The number of carbonyl (C=O) groups is 1. The Kier molecular flexibility index (Phi) is 7.17. The summed E-state index contributed by atoms with van der Waals surface area (Å²) in [4.78, 5) is 20.1. The van der Waals surface area contributed by atoms with E-state index in [2.05, 4.69) is 28.5 Å². The van der Waals surface area contributed by atoms with Crippen LogP contribution in [0.4, 0.5) is 10.1 Å². The number of imidazole rings is 1. The Hall–Kier alpha value is -4.22. The van der Waals surface area contributed by atoms with Crippen molar-refractivity contribution >= 4 is 22.7 Å². The number of nitrogens with zero attached hydrogens (tertiary/aromatic N) is 3. The molecule has 44 heavy (non-hydrogen) atoms. The van der Waals surface area contributed by atoms with Gasteiger partial charge < -0.3 is 19.1 Å². The van der Waals surface area contributed by atoms with E-state index in [1.807, 2.05) is 12.1 Å². The molecule has 4 aromatic rings. The van der Waals surface area contributed by atoms with Gasteiger partial charge in [0.05, 0.1) is 35.8 Å². The second-order valence-electron chi connectivity index (χ2n) is 13.1. The first-order chi connectivity index (χ1) is 21.2. The molecule has 1 saturated heterocycles. The monoisotopic (exact) mass is 593 g/mol. The summed E-state index contributed by atoms with van der Waals surface area (Å²) in [5.74, 6) is 0.438. The lowest BCUT2D eigenvalue weighted by Crippen LogP contribution is -2.45. The molecule has 4 aliphatic rings. The van der Waals surface area contributed by atoms with Gasteiger partial charge in [0.15, 0.2) is 5.69 Å². The van der Waals surface area contributed by atoms with Crippen molar-refractivity contribution in [3.8, 4) is 5.75 Å². The van der Waals surface area contributed by atoms with Crippen molar-refractivity contribution in [2.24, 2.45) is 5.41 Å². The molecule has 1 N–H and O–H groups in total. The quantitative estimate of drug-likeness (QED) is 0.199. The Bertz CT molecular complexity index is 1780. The Balaban J connectivity index is 1.09. The van der Waals surface area contributed by atoms with Crippen LogP contribution in [0, 0.1) is 24.7 Å². The minimum Gasteiger partial charge on any atom is -0.489 e. The summed E-state index contributed by atoms with van der Waals surface area (Å²) >= 11 is 0. The Morgan fingerprint density at radius 3 is 2.55 bits per heavy atom. The maximum absolute atomic E-state index is 14.5. The molecule has 0 radical (unpaired) electrons. The van der Waals surface area contributed by atoms with Gasteiger partial charge in [-0.15, -0.1) is 0 Å². The Labute approximate surface area is 256 Å². The van der Waals surface area contributed by atoms with Crippen molar-refractivity contribution in [3.63, 3.8) is 0 Å². The number of benzene rings is 3. The van der Waals surface area contributed by atoms with E-state index in [1.54, 1.807) is 24.3 Å². The zero-order valence-corrected chi connectivity index (χ0v) is 24.9. The highest BCUT2D eigenvalue weighted by Crippen LogP contribution is 2.59. The van der Waals surface area contributed by atoms with Gasteiger partial charge in [0, 0.05) is 18.6 Å².